The molecule has 112 valence electrons. The maximum atomic E-state index is 13.2. The van der Waals surface area contributed by atoms with Gasteiger partial charge in [-0.15, -0.1) is 0 Å². The van der Waals surface area contributed by atoms with Gasteiger partial charge in [0.05, 0.1) is 10.2 Å². The van der Waals surface area contributed by atoms with Crippen LogP contribution in [0.1, 0.15) is 33.6 Å². The number of alkyl halides is 1. The van der Waals surface area contributed by atoms with Gasteiger partial charge >= 0.3 is 0 Å². The molecule has 1 aliphatic heterocycles. The van der Waals surface area contributed by atoms with E-state index in [1.807, 2.05) is 11.8 Å². The summed E-state index contributed by atoms with van der Waals surface area (Å²) in [4.78, 5) is 27.5. The van der Waals surface area contributed by atoms with Crippen LogP contribution in [-0.2, 0) is 9.59 Å². The van der Waals surface area contributed by atoms with Gasteiger partial charge in [0.1, 0.15) is 0 Å². The Bertz CT molecular complexity index is 472. The Morgan fingerprint density at radius 3 is 2.35 bits per heavy atom. The number of halogens is 1. The van der Waals surface area contributed by atoms with Crippen molar-refractivity contribution < 1.29 is 9.59 Å². The molecule has 3 aliphatic rings. The number of carbonyl (C=O) groups is 2. The third-order valence-corrected chi connectivity index (χ3v) is 7.70. The third-order valence-electron chi connectivity index (χ3n) is 6.51. The van der Waals surface area contributed by atoms with Crippen molar-refractivity contribution in [1.29, 1.82) is 0 Å². The number of hydrogen-bond donors (Lipinski definition) is 1. The minimum Gasteiger partial charge on any atom is -0.340 e. The first-order valence-corrected chi connectivity index (χ1v) is 8.39. The maximum Gasteiger partial charge on any atom is 0.231 e. The molecule has 3 rings (SSSR count). The summed E-state index contributed by atoms with van der Waals surface area (Å²) >= 11 is 3.58. The average molecular weight is 343 g/mol. The number of rotatable bonds is 1. The lowest BCUT2D eigenvalue weighted by Crippen LogP contribution is -2.56. The van der Waals surface area contributed by atoms with Gasteiger partial charge < -0.3 is 10.2 Å². The van der Waals surface area contributed by atoms with Gasteiger partial charge in [0.15, 0.2) is 5.78 Å². The molecule has 1 N–H and O–H groups in total. The van der Waals surface area contributed by atoms with Crippen LogP contribution >= 0.6 is 15.9 Å². The molecule has 0 radical (unpaired) electrons. The Balaban J connectivity index is 2.02. The molecule has 3 atom stereocenters. The van der Waals surface area contributed by atoms with E-state index in [0.29, 0.717) is 0 Å². The molecule has 0 spiro atoms. The van der Waals surface area contributed by atoms with Gasteiger partial charge in [-0.25, -0.2) is 0 Å². The molecule has 3 fully saturated rings. The van der Waals surface area contributed by atoms with E-state index in [-0.39, 0.29) is 27.3 Å². The quantitative estimate of drug-likeness (QED) is 0.736. The van der Waals surface area contributed by atoms with Gasteiger partial charge in [-0.2, -0.15) is 0 Å². The van der Waals surface area contributed by atoms with Gasteiger partial charge in [-0.3, -0.25) is 9.59 Å². The van der Waals surface area contributed by atoms with Gasteiger partial charge in [-0.05, 0) is 18.3 Å². The molecule has 0 aromatic rings. The molecule has 0 aromatic heterocycles. The highest BCUT2D eigenvalue weighted by molar-refractivity contribution is 9.10. The molecule has 4 nitrogen and oxygen atoms in total. The summed E-state index contributed by atoms with van der Waals surface area (Å²) in [6.07, 6.45) is 1.65. The van der Waals surface area contributed by atoms with Crippen LogP contribution in [0, 0.1) is 16.2 Å². The Morgan fingerprint density at radius 2 is 1.85 bits per heavy atom. The molecular weight excluding hydrogens is 320 g/mol. The predicted octanol–water partition coefficient (Wildman–Crippen LogP) is 1.58. The number of nitrogens with zero attached hydrogens (tertiary/aromatic N) is 1. The van der Waals surface area contributed by atoms with Crippen molar-refractivity contribution >= 4 is 27.6 Å². The minimum atomic E-state index is -0.559. The fourth-order valence-corrected chi connectivity index (χ4v) is 6.08. The molecule has 5 heteroatoms. The van der Waals surface area contributed by atoms with Crippen molar-refractivity contribution in [3.05, 3.63) is 0 Å². The van der Waals surface area contributed by atoms with E-state index in [1.165, 1.54) is 0 Å². The first-order chi connectivity index (χ1) is 9.29. The Kier molecular flexibility index (Phi) is 3.11. The van der Waals surface area contributed by atoms with Crippen molar-refractivity contribution in [3.63, 3.8) is 0 Å². The van der Waals surface area contributed by atoms with E-state index >= 15 is 0 Å². The number of Topliss-reactive ketones (excluding diaryl/α,β-unsaturated/α-hetero) is 1. The molecule has 2 bridgehead atoms. The number of piperazine rings is 1. The summed E-state index contributed by atoms with van der Waals surface area (Å²) in [5.41, 5.74) is -1.21. The molecular formula is C15H23BrN2O2. The van der Waals surface area contributed by atoms with Crippen molar-refractivity contribution in [1.82, 2.24) is 10.2 Å². The van der Waals surface area contributed by atoms with Crippen LogP contribution in [0.4, 0.5) is 0 Å². The summed E-state index contributed by atoms with van der Waals surface area (Å²) in [6.45, 7) is 9.46. The van der Waals surface area contributed by atoms with Crippen LogP contribution in [0.25, 0.3) is 0 Å². The molecule has 2 saturated carbocycles. The minimum absolute atomic E-state index is 0.181. The Labute approximate surface area is 128 Å². The Morgan fingerprint density at radius 1 is 1.25 bits per heavy atom. The van der Waals surface area contributed by atoms with E-state index in [0.717, 1.165) is 39.0 Å². The summed E-state index contributed by atoms with van der Waals surface area (Å²) in [5, 5.41) is 3.28. The van der Waals surface area contributed by atoms with Crippen LogP contribution in [0.3, 0.4) is 0 Å². The molecule has 0 unspecified atom stereocenters. The number of hydrogen-bond acceptors (Lipinski definition) is 3. The normalized spacial score (nSPS) is 43.1. The highest BCUT2D eigenvalue weighted by atomic mass is 79.9. The number of amides is 1. The van der Waals surface area contributed by atoms with E-state index in [1.54, 1.807) is 0 Å². The average Bonchev–Trinajstić information content (AvgIpc) is 2.71. The van der Waals surface area contributed by atoms with E-state index in [2.05, 4.69) is 35.1 Å². The second kappa shape index (κ2) is 4.29. The van der Waals surface area contributed by atoms with E-state index < -0.39 is 5.41 Å². The molecule has 20 heavy (non-hydrogen) atoms. The van der Waals surface area contributed by atoms with Crippen LogP contribution in [0.15, 0.2) is 0 Å². The molecule has 1 saturated heterocycles. The lowest BCUT2D eigenvalue weighted by Gasteiger charge is -2.43. The SMILES string of the molecule is CC1(C)[C@@]2(C)CC[C@]1(C(=O)N1CCNCC1)[C@H](Br)C2=O. The summed E-state index contributed by atoms with van der Waals surface area (Å²) in [5.74, 6) is 0.401. The van der Waals surface area contributed by atoms with E-state index in [9.17, 15) is 9.59 Å². The predicted molar refractivity (Wildman–Crippen MR) is 80.7 cm³/mol. The molecule has 1 heterocycles. The summed E-state index contributed by atoms with van der Waals surface area (Å²) in [6, 6.07) is 0. The third kappa shape index (κ3) is 1.41. The van der Waals surface area contributed by atoms with Gasteiger partial charge in [0, 0.05) is 31.6 Å². The van der Waals surface area contributed by atoms with Crippen molar-refractivity contribution in [3.8, 4) is 0 Å². The van der Waals surface area contributed by atoms with Crippen LogP contribution < -0.4 is 5.32 Å². The Hall–Kier alpha value is -0.420. The zero-order chi connectivity index (χ0) is 14.8. The number of fused-ring (bicyclic) bond motifs is 2. The summed E-state index contributed by atoms with van der Waals surface area (Å²) < 4.78 is 0. The lowest BCUT2D eigenvalue weighted by atomic mass is 9.64. The fourth-order valence-electron chi connectivity index (χ4n) is 4.58. The van der Waals surface area contributed by atoms with Crippen molar-refractivity contribution in [2.24, 2.45) is 16.2 Å². The van der Waals surface area contributed by atoms with Crippen LogP contribution in [0.5, 0.6) is 0 Å². The monoisotopic (exact) mass is 342 g/mol. The first-order valence-electron chi connectivity index (χ1n) is 7.47. The zero-order valence-corrected chi connectivity index (χ0v) is 14.0. The largest absolute Gasteiger partial charge is 0.340 e. The highest BCUT2D eigenvalue weighted by Crippen LogP contribution is 2.72. The number of ketones is 1. The first kappa shape index (κ1) is 14.5. The zero-order valence-electron chi connectivity index (χ0n) is 12.5. The summed E-state index contributed by atoms with van der Waals surface area (Å²) in [7, 11) is 0. The van der Waals surface area contributed by atoms with Crippen molar-refractivity contribution in [2.45, 2.75) is 38.4 Å². The van der Waals surface area contributed by atoms with Crippen molar-refractivity contribution in [2.75, 3.05) is 26.2 Å². The fraction of sp³-hybridized carbons (Fsp3) is 0.867. The highest BCUT2D eigenvalue weighted by Gasteiger charge is 2.77. The topological polar surface area (TPSA) is 49.4 Å². The smallest absolute Gasteiger partial charge is 0.231 e. The molecule has 0 aromatic carbocycles. The van der Waals surface area contributed by atoms with Gasteiger partial charge in [0.2, 0.25) is 5.91 Å². The van der Waals surface area contributed by atoms with Gasteiger partial charge in [0.25, 0.3) is 0 Å². The van der Waals surface area contributed by atoms with Crippen LogP contribution in [-0.4, -0.2) is 47.6 Å². The van der Waals surface area contributed by atoms with Gasteiger partial charge in [-0.1, -0.05) is 36.7 Å². The van der Waals surface area contributed by atoms with E-state index in [4.69, 9.17) is 0 Å². The molecule has 2 aliphatic carbocycles. The molecule has 1 amide bonds. The van der Waals surface area contributed by atoms with Crippen LogP contribution in [0.2, 0.25) is 0 Å². The second-order valence-corrected chi connectivity index (χ2v) is 8.11. The standard InChI is InChI=1S/C15H23BrN2O2/c1-13(2)14(3)4-5-15(13,10(16)11(14)19)12(20)18-8-6-17-7-9-18/h10,17H,4-9H2,1-3H3/t10-,14+,15-/m1/s1. The maximum absolute atomic E-state index is 13.2. The number of nitrogens with one attached hydrogen (secondary N) is 1. The number of carbonyl (C=O) groups excluding carboxylic acids is 2. The second-order valence-electron chi connectivity index (χ2n) is 7.20. The lowest BCUT2D eigenvalue weighted by molar-refractivity contribution is -0.147.